The fraction of sp³-hybridized carbons (Fsp3) is 0.385. The number of anilines is 1. The largest absolute Gasteiger partial charge is 0.383 e. The zero-order valence-corrected chi connectivity index (χ0v) is 12.7. The Morgan fingerprint density at radius 3 is 2.79 bits per heavy atom. The van der Waals surface area contributed by atoms with Gasteiger partial charge in [-0.3, -0.25) is 0 Å². The normalized spacial score (nSPS) is 10.6. The predicted octanol–water partition coefficient (Wildman–Crippen LogP) is 3.20. The maximum absolute atomic E-state index is 4.97. The highest BCUT2D eigenvalue weighted by molar-refractivity contribution is 8.00. The molecule has 0 radical (unpaired) electrons. The van der Waals surface area contributed by atoms with E-state index in [2.05, 4.69) is 46.7 Å². The van der Waals surface area contributed by atoms with Crippen LogP contribution < -0.4 is 5.32 Å². The number of ether oxygens (including phenoxy) is 1. The average molecular weight is 295 g/mol. The first-order valence-corrected chi connectivity index (χ1v) is 7.83. The van der Waals surface area contributed by atoms with Crippen molar-refractivity contribution in [2.75, 3.05) is 25.6 Å². The van der Waals surface area contributed by atoms with E-state index >= 15 is 0 Å². The van der Waals surface area contributed by atoms with Gasteiger partial charge >= 0.3 is 0 Å². The van der Waals surface area contributed by atoms with Crippen molar-refractivity contribution in [1.82, 2.24) is 10.2 Å². The van der Waals surface area contributed by atoms with E-state index in [1.807, 2.05) is 0 Å². The van der Waals surface area contributed by atoms with Crippen LogP contribution in [0.1, 0.15) is 11.1 Å². The van der Waals surface area contributed by atoms with Crippen LogP contribution >= 0.6 is 23.1 Å². The summed E-state index contributed by atoms with van der Waals surface area (Å²) in [6.07, 6.45) is 0. The molecule has 1 heterocycles. The van der Waals surface area contributed by atoms with Crippen LogP contribution in [-0.4, -0.2) is 30.5 Å². The molecule has 0 atom stereocenters. The number of nitrogens with zero attached hydrogens (tertiary/aromatic N) is 2. The second-order valence-electron chi connectivity index (χ2n) is 4.07. The van der Waals surface area contributed by atoms with Gasteiger partial charge in [-0.25, -0.2) is 0 Å². The van der Waals surface area contributed by atoms with Gasteiger partial charge in [0.1, 0.15) is 0 Å². The van der Waals surface area contributed by atoms with E-state index in [4.69, 9.17) is 4.74 Å². The molecule has 1 aromatic heterocycles. The lowest BCUT2D eigenvalue weighted by atomic mass is 10.2. The summed E-state index contributed by atoms with van der Waals surface area (Å²) in [4.78, 5) is 0. The molecule has 0 bridgehead atoms. The Hall–Kier alpha value is -1.11. The third-order valence-corrected chi connectivity index (χ3v) is 4.56. The van der Waals surface area contributed by atoms with Crippen LogP contribution in [0.5, 0.6) is 0 Å². The zero-order valence-electron chi connectivity index (χ0n) is 11.0. The molecule has 0 amide bonds. The number of aromatic nitrogens is 2. The van der Waals surface area contributed by atoms with Gasteiger partial charge in [0.05, 0.1) is 6.61 Å². The van der Waals surface area contributed by atoms with Crippen LogP contribution in [-0.2, 0) is 10.5 Å². The molecule has 0 aliphatic rings. The summed E-state index contributed by atoms with van der Waals surface area (Å²) in [5.74, 6) is 0.924. The quantitative estimate of drug-likeness (QED) is 0.628. The molecule has 6 heteroatoms. The monoisotopic (exact) mass is 295 g/mol. The topological polar surface area (TPSA) is 47.0 Å². The first-order valence-electron chi connectivity index (χ1n) is 6.02. The average Bonchev–Trinajstić information content (AvgIpc) is 2.86. The van der Waals surface area contributed by atoms with Crippen molar-refractivity contribution in [3.63, 3.8) is 0 Å². The Bertz CT molecular complexity index is 499. The minimum Gasteiger partial charge on any atom is -0.383 e. The SMILES string of the molecule is COCCNc1nnc(SCc2ccc(C)cc2)s1. The first kappa shape index (κ1) is 14.3. The molecular weight excluding hydrogens is 278 g/mol. The number of benzene rings is 1. The summed E-state index contributed by atoms with van der Waals surface area (Å²) < 4.78 is 5.96. The molecule has 0 saturated heterocycles. The van der Waals surface area contributed by atoms with Gasteiger partial charge in [-0.1, -0.05) is 52.9 Å². The molecule has 0 saturated carbocycles. The van der Waals surface area contributed by atoms with Crippen molar-refractivity contribution < 1.29 is 4.74 Å². The zero-order chi connectivity index (χ0) is 13.5. The lowest BCUT2D eigenvalue weighted by Crippen LogP contribution is -2.06. The number of aryl methyl sites for hydroxylation is 1. The number of hydrogen-bond acceptors (Lipinski definition) is 6. The third kappa shape index (κ3) is 4.81. The van der Waals surface area contributed by atoms with Gasteiger partial charge in [-0.15, -0.1) is 10.2 Å². The summed E-state index contributed by atoms with van der Waals surface area (Å²) in [6.45, 7) is 3.53. The molecule has 0 spiro atoms. The van der Waals surface area contributed by atoms with E-state index in [1.54, 1.807) is 30.2 Å². The molecule has 2 aromatic rings. The first-order chi connectivity index (χ1) is 9.28. The Morgan fingerprint density at radius 2 is 2.05 bits per heavy atom. The number of hydrogen-bond donors (Lipinski definition) is 1. The van der Waals surface area contributed by atoms with Crippen LogP contribution in [0.4, 0.5) is 5.13 Å². The van der Waals surface area contributed by atoms with Gasteiger partial charge < -0.3 is 10.1 Å². The number of rotatable bonds is 7. The van der Waals surface area contributed by atoms with E-state index < -0.39 is 0 Å². The van der Waals surface area contributed by atoms with Crippen LogP contribution in [0, 0.1) is 6.92 Å². The highest BCUT2D eigenvalue weighted by atomic mass is 32.2. The van der Waals surface area contributed by atoms with E-state index in [0.717, 1.165) is 21.8 Å². The number of nitrogens with one attached hydrogen (secondary N) is 1. The van der Waals surface area contributed by atoms with Crippen LogP contribution in [0.3, 0.4) is 0 Å². The van der Waals surface area contributed by atoms with Gasteiger partial charge in [-0.05, 0) is 12.5 Å². The van der Waals surface area contributed by atoms with Crippen molar-refractivity contribution in [3.8, 4) is 0 Å². The van der Waals surface area contributed by atoms with Gasteiger partial charge in [0.15, 0.2) is 4.34 Å². The molecule has 0 unspecified atom stereocenters. The Labute approximate surface area is 121 Å². The summed E-state index contributed by atoms with van der Waals surface area (Å²) in [6, 6.07) is 8.57. The second kappa shape index (κ2) is 7.47. The summed E-state index contributed by atoms with van der Waals surface area (Å²) >= 11 is 3.29. The van der Waals surface area contributed by atoms with E-state index in [-0.39, 0.29) is 0 Å². The number of methoxy groups -OCH3 is 1. The molecule has 0 aliphatic carbocycles. The van der Waals surface area contributed by atoms with Crippen molar-refractivity contribution in [2.45, 2.75) is 17.0 Å². The molecule has 2 rings (SSSR count). The van der Waals surface area contributed by atoms with Crippen molar-refractivity contribution >= 4 is 28.2 Å². The molecule has 102 valence electrons. The lowest BCUT2D eigenvalue weighted by molar-refractivity contribution is 0.211. The number of thioether (sulfide) groups is 1. The van der Waals surface area contributed by atoms with E-state index in [0.29, 0.717) is 6.61 Å². The van der Waals surface area contributed by atoms with Crippen LogP contribution in [0.15, 0.2) is 28.6 Å². The van der Waals surface area contributed by atoms with Crippen molar-refractivity contribution in [1.29, 1.82) is 0 Å². The molecule has 4 nitrogen and oxygen atoms in total. The maximum Gasteiger partial charge on any atom is 0.206 e. The minimum absolute atomic E-state index is 0.672. The van der Waals surface area contributed by atoms with Crippen molar-refractivity contribution in [2.24, 2.45) is 0 Å². The second-order valence-corrected chi connectivity index (χ2v) is 6.27. The van der Waals surface area contributed by atoms with E-state index in [1.165, 1.54) is 11.1 Å². The molecule has 19 heavy (non-hydrogen) atoms. The Kier molecular flexibility index (Phi) is 5.62. The summed E-state index contributed by atoms with van der Waals surface area (Å²) in [5.41, 5.74) is 2.59. The molecule has 0 aliphatic heterocycles. The standard InChI is InChI=1S/C13H17N3OS2/c1-10-3-5-11(6-4-10)9-18-13-16-15-12(19-13)14-7-8-17-2/h3-6H,7-9H2,1-2H3,(H,14,15). The van der Waals surface area contributed by atoms with E-state index in [9.17, 15) is 0 Å². The fourth-order valence-electron chi connectivity index (χ4n) is 1.43. The van der Waals surface area contributed by atoms with Gasteiger partial charge in [0.25, 0.3) is 0 Å². The summed E-state index contributed by atoms with van der Waals surface area (Å²) in [5, 5.41) is 12.3. The maximum atomic E-state index is 4.97. The molecular formula is C13H17N3OS2. The predicted molar refractivity (Wildman–Crippen MR) is 81.0 cm³/mol. The Balaban J connectivity index is 1.81. The van der Waals surface area contributed by atoms with Crippen LogP contribution in [0.25, 0.3) is 0 Å². The fourth-order valence-corrected chi connectivity index (χ4v) is 3.16. The molecule has 1 aromatic carbocycles. The molecule has 0 fully saturated rings. The third-order valence-electron chi connectivity index (χ3n) is 2.47. The van der Waals surface area contributed by atoms with Crippen molar-refractivity contribution in [3.05, 3.63) is 35.4 Å². The highest BCUT2D eigenvalue weighted by Crippen LogP contribution is 2.28. The van der Waals surface area contributed by atoms with Gasteiger partial charge in [-0.2, -0.15) is 0 Å². The lowest BCUT2D eigenvalue weighted by Gasteiger charge is -1.99. The van der Waals surface area contributed by atoms with Crippen LogP contribution in [0.2, 0.25) is 0 Å². The smallest absolute Gasteiger partial charge is 0.206 e. The van der Waals surface area contributed by atoms with Gasteiger partial charge in [0.2, 0.25) is 5.13 Å². The highest BCUT2D eigenvalue weighted by Gasteiger charge is 2.04. The van der Waals surface area contributed by atoms with Gasteiger partial charge in [0, 0.05) is 19.4 Å². The minimum atomic E-state index is 0.672. The summed E-state index contributed by atoms with van der Waals surface area (Å²) in [7, 11) is 1.69. The molecule has 1 N–H and O–H groups in total. The Morgan fingerprint density at radius 1 is 1.26 bits per heavy atom.